The summed E-state index contributed by atoms with van der Waals surface area (Å²) in [6, 6.07) is 16.7. The molecule has 4 aromatic heterocycles. The number of aromatic nitrogens is 1. The van der Waals surface area contributed by atoms with Crippen LogP contribution < -0.4 is 28.7 Å². The van der Waals surface area contributed by atoms with Crippen molar-refractivity contribution in [1.29, 1.82) is 0 Å². The smallest absolute Gasteiger partial charge is 0.121 e. The van der Waals surface area contributed by atoms with Crippen molar-refractivity contribution in [1.82, 2.24) is 4.98 Å². The van der Waals surface area contributed by atoms with Gasteiger partial charge < -0.3 is 38.1 Å². The van der Waals surface area contributed by atoms with Crippen molar-refractivity contribution in [2.75, 3.05) is 17.7 Å². The number of rotatable bonds is 11. The zero-order valence-electron chi connectivity index (χ0n) is 21.0. The van der Waals surface area contributed by atoms with Gasteiger partial charge >= 0.3 is 0 Å². The van der Waals surface area contributed by atoms with Crippen LogP contribution in [0, 0.1) is 12.0 Å². The van der Waals surface area contributed by atoms with Gasteiger partial charge in [-0.25, -0.2) is 0 Å². The number of thiophene rings is 2. The molecule has 0 fully saturated rings. The third-order valence-corrected chi connectivity index (χ3v) is 9.89. The maximum absolute atomic E-state index is 7.28. The van der Waals surface area contributed by atoms with E-state index in [0.717, 1.165) is 26.9 Å². The summed E-state index contributed by atoms with van der Waals surface area (Å²) in [5.74, 6) is 0.891. The molecule has 7 nitrogen and oxygen atoms in total. The number of aromatic amines is 1. The second-order valence-electron chi connectivity index (χ2n) is 9.39. The van der Waals surface area contributed by atoms with Crippen LogP contribution in [0.15, 0.2) is 82.2 Å². The van der Waals surface area contributed by atoms with E-state index >= 15 is 0 Å². The first-order valence-corrected chi connectivity index (χ1v) is 15.4. The number of nitrogens with two attached hydrogens (primary N) is 5. The predicted molar refractivity (Wildman–Crippen MR) is 162 cm³/mol. The van der Waals surface area contributed by atoms with Gasteiger partial charge in [0.15, 0.2) is 0 Å². The van der Waals surface area contributed by atoms with Crippen LogP contribution in [0.1, 0.15) is 39.9 Å². The van der Waals surface area contributed by atoms with Crippen molar-refractivity contribution in [2.24, 2.45) is 28.9 Å². The van der Waals surface area contributed by atoms with Crippen molar-refractivity contribution in [2.45, 2.75) is 23.5 Å². The number of hydrogen-bond acceptors (Lipinski definition) is 9. The number of hydrogen-bond donors (Lipinski definition) is 6. The number of H-pyrrole nitrogens is 1. The molecule has 10 heteroatoms. The molecule has 0 aliphatic carbocycles. The average molecular weight is 566 g/mol. The Morgan fingerprint density at radius 1 is 1.00 bits per heavy atom. The summed E-state index contributed by atoms with van der Waals surface area (Å²) < 4.78 is 5.90. The van der Waals surface area contributed by atoms with Gasteiger partial charge in [0.05, 0.1) is 35.4 Å². The topological polar surface area (TPSA) is 159 Å². The van der Waals surface area contributed by atoms with Gasteiger partial charge in [0, 0.05) is 33.3 Å². The molecule has 0 saturated heterocycles. The van der Waals surface area contributed by atoms with E-state index in [1.54, 1.807) is 29.4 Å². The van der Waals surface area contributed by atoms with E-state index in [2.05, 4.69) is 4.98 Å². The van der Waals surface area contributed by atoms with Crippen LogP contribution in [0.25, 0.3) is 10.9 Å². The van der Waals surface area contributed by atoms with Crippen molar-refractivity contribution in [3.05, 3.63) is 106 Å². The number of thioether (sulfide) groups is 1. The van der Waals surface area contributed by atoms with Crippen molar-refractivity contribution in [3.63, 3.8) is 0 Å². The number of fused-ring (bicyclic) bond motifs is 1. The van der Waals surface area contributed by atoms with Gasteiger partial charge in [0.2, 0.25) is 0 Å². The fraction of sp³-hybridized carbons (Fsp3) is 0.250. The lowest BCUT2D eigenvalue weighted by atomic mass is 9.58. The third-order valence-electron chi connectivity index (χ3n) is 7.52. The van der Waals surface area contributed by atoms with Crippen LogP contribution in [0.4, 0.5) is 5.00 Å². The second kappa shape index (κ2) is 11.3. The minimum Gasteiger partial charge on any atom is -0.468 e. The molecule has 4 heterocycles. The van der Waals surface area contributed by atoms with E-state index in [1.807, 2.05) is 77.8 Å². The monoisotopic (exact) mass is 565 g/mol. The summed E-state index contributed by atoms with van der Waals surface area (Å²) in [4.78, 5) is 4.31. The van der Waals surface area contributed by atoms with Crippen LogP contribution in [0.2, 0.25) is 0 Å². The standard InChI is InChI=1S/C28H33N6OS3/c1-36-15-19(24(30)23(29)17-14-34-20-7-3-2-6-16(17)20)28(18-10-13-38-27(18)33,25(31)21-8-4-11-35-21)26(32)22-9-5-12-37-22/h2-14,19,23,25-26,34H,15,29-33H2,1H3. The number of furan rings is 1. The largest absolute Gasteiger partial charge is 0.468 e. The highest BCUT2D eigenvalue weighted by Crippen LogP contribution is 2.56. The summed E-state index contributed by atoms with van der Waals surface area (Å²) in [6.45, 7) is 0. The molecule has 5 rings (SSSR count). The number of benzene rings is 1. The third kappa shape index (κ3) is 4.50. The highest BCUT2D eigenvalue weighted by molar-refractivity contribution is 7.98. The zero-order valence-corrected chi connectivity index (χ0v) is 23.5. The SMILES string of the molecule is CSCC([C](N)C(N)c1c[nH]c2ccccc12)C(c1ccsc1N)(C(N)c1ccco1)C(N)c1cccs1. The Balaban J connectivity index is 1.73. The van der Waals surface area contributed by atoms with Gasteiger partial charge in [0.25, 0.3) is 0 Å². The first-order chi connectivity index (χ1) is 18.4. The van der Waals surface area contributed by atoms with E-state index in [9.17, 15) is 0 Å². The molecule has 1 radical (unpaired) electrons. The lowest BCUT2D eigenvalue weighted by Crippen LogP contribution is -2.57. The fourth-order valence-electron chi connectivity index (χ4n) is 5.66. The fourth-order valence-corrected chi connectivity index (χ4v) is 8.00. The molecule has 5 aromatic rings. The van der Waals surface area contributed by atoms with Crippen LogP contribution in [-0.4, -0.2) is 17.0 Å². The molecule has 0 saturated carbocycles. The lowest BCUT2D eigenvalue weighted by molar-refractivity contribution is 0.177. The summed E-state index contributed by atoms with van der Waals surface area (Å²) >= 11 is 4.73. The Labute approximate surface area is 234 Å². The Bertz CT molecular complexity index is 1400. The quantitative estimate of drug-likeness (QED) is 0.127. The Morgan fingerprint density at radius 2 is 1.82 bits per heavy atom. The first-order valence-electron chi connectivity index (χ1n) is 12.2. The predicted octanol–water partition coefficient (Wildman–Crippen LogP) is 5.27. The molecule has 0 spiro atoms. The molecule has 0 aliphatic rings. The number of nitrogens with one attached hydrogen (secondary N) is 1. The highest BCUT2D eigenvalue weighted by atomic mass is 32.2. The Morgan fingerprint density at radius 3 is 2.47 bits per heavy atom. The maximum atomic E-state index is 7.28. The molecule has 0 amide bonds. The van der Waals surface area contributed by atoms with Gasteiger partial charge in [-0.1, -0.05) is 24.3 Å². The Kier molecular flexibility index (Phi) is 8.01. The van der Waals surface area contributed by atoms with Crippen LogP contribution in [0.5, 0.6) is 0 Å². The van der Waals surface area contributed by atoms with Crippen molar-refractivity contribution in [3.8, 4) is 0 Å². The van der Waals surface area contributed by atoms with Crippen molar-refractivity contribution >= 4 is 50.3 Å². The molecule has 5 atom stereocenters. The molecule has 0 bridgehead atoms. The summed E-state index contributed by atoms with van der Waals surface area (Å²) in [5, 5.41) is 5.67. The number of para-hydroxylation sites is 1. The molecular formula is C28H33N6OS3. The van der Waals surface area contributed by atoms with E-state index in [1.165, 1.54) is 11.3 Å². The molecule has 1 aromatic carbocycles. The van der Waals surface area contributed by atoms with E-state index in [4.69, 9.17) is 33.1 Å². The summed E-state index contributed by atoms with van der Waals surface area (Å²) in [7, 11) is 0. The minimum atomic E-state index is -0.955. The minimum absolute atomic E-state index is 0.352. The van der Waals surface area contributed by atoms with E-state index < -0.39 is 23.5 Å². The molecular weight excluding hydrogens is 533 g/mol. The maximum Gasteiger partial charge on any atom is 0.121 e. The van der Waals surface area contributed by atoms with Gasteiger partial charge in [-0.15, -0.1) is 22.7 Å². The molecule has 5 unspecified atom stereocenters. The summed E-state index contributed by atoms with van der Waals surface area (Å²) in [6.07, 6.45) is 5.61. The molecule has 38 heavy (non-hydrogen) atoms. The zero-order chi connectivity index (χ0) is 26.9. The first kappa shape index (κ1) is 27.0. The van der Waals surface area contributed by atoms with Crippen LogP contribution in [-0.2, 0) is 5.41 Å². The second-order valence-corrected chi connectivity index (χ2v) is 12.2. The molecule has 11 N–H and O–H groups in total. The van der Waals surface area contributed by atoms with Gasteiger partial charge in [-0.3, -0.25) is 0 Å². The van der Waals surface area contributed by atoms with Gasteiger partial charge in [0.1, 0.15) is 5.76 Å². The van der Waals surface area contributed by atoms with Gasteiger partial charge in [-0.2, -0.15) is 11.8 Å². The summed E-state index contributed by atoms with van der Waals surface area (Å²) in [5.41, 5.74) is 37.1. The molecule has 0 aliphatic heterocycles. The molecule has 199 valence electrons. The van der Waals surface area contributed by atoms with Gasteiger partial charge in [-0.05, 0) is 64.2 Å². The lowest BCUT2D eigenvalue weighted by Gasteiger charge is -2.50. The van der Waals surface area contributed by atoms with Crippen molar-refractivity contribution < 1.29 is 4.42 Å². The number of anilines is 1. The highest BCUT2D eigenvalue weighted by Gasteiger charge is 2.56. The van der Waals surface area contributed by atoms with Crippen LogP contribution >= 0.6 is 34.4 Å². The Hall–Kier alpha value is -2.57. The van der Waals surface area contributed by atoms with E-state index in [-0.39, 0.29) is 5.92 Å². The number of nitrogen functional groups attached to an aromatic ring is 1. The average Bonchev–Trinajstić information content (AvgIpc) is 3.75. The normalized spacial score (nSPS) is 16.9. The van der Waals surface area contributed by atoms with E-state index in [0.29, 0.717) is 22.6 Å². The van der Waals surface area contributed by atoms with Crippen LogP contribution in [0.3, 0.4) is 0 Å².